The third kappa shape index (κ3) is 2.17. The van der Waals surface area contributed by atoms with Gasteiger partial charge in [-0.15, -0.1) is 0 Å². The SMILES string of the molecule is Fc1cccc2cc3ccnc(Oc4ccccc4)c3cc12. The van der Waals surface area contributed by atoms with Crippen molar-refractivity contribution in [1.82, 2.24) is 4.98 Å². The molecular formula is C19H12FNO. The minimum atomic E-state index is -0.242. The first-order chi connectivity index (χ1) is 10.8. The van der Waals surface area contributed by atoms with E-state index < -0.39 is 0 Å². The molecule has 0 aliphatic carbocycles. The Kier molecular flexibility index (Phi) is 2.97. The molecule has 0 aliphatic heterocycles. The Morgan fingerprint density at radius 2 is 1.59 bits per heavy atom. The number of nitrogens with zero attached hydrogens (tertiary/aromatic N) is 1. The van der Waals surface area contributed by atoms with Crippen LogP contribution in [0.3, 0.4) is 0 Å². The Morgan fingerprint density at radius 1 is 0.773 bits per heavy atom. The van der Waals surface area contributed by atoms with Crippen LogP contribution in [0.25, 0.3) is 21.5 Å². The average molecular weight is 289 g/mol. The molecule has 4 aromatic rings. The molecule has 0 atom stereocenters. The summed E-state index contributed by atoms with van der Waals surface area (Å²) >= 11 is 0. The van der Waals surface area contributed by atoms with E-state index in [-0.39, 0.29) is 5.82 Å². The molecule has 0 bridgehead atoms. The Morgan fingerprint density at radius 3 is 2.45 bits per heavy atom. The minimum absolute atomic E-state index is 0.242. The molecule has 0 radical (unpaired) electrons. The van der Waals surface area contributed by atoms with Gasteiger partial charge in [0.2, 0.25) is 5.88 Å². The van der Waals surface area contributed by atoms with E-state index >= 15 is 0 Å². The van der Waals surface area contributed by atoms with E-state index in [0.29, 0.717) is 17.0 Å². The van der Waals surface area contributed by atoms with Crippen molar-refractivity contribution in [3.8, 4) is 11.6 Å². The number of benzene rings is 3. The lowest BCUT2D eigenvalue weighted by atomic mass is 10.0. The Bertz CT molecular complexity index is 967. The highest BCUT2D eigenvalue weighted by atomic mass is 19.1. The van der Waals surface area contributed by atoms with Gasteiger partial charge in [-0.25, -0.2) is 9.37 Å². The van der Waals surface area contributed by atoms with Crippen LogP contribution in [0.5, 0.6) is 11.6 Å². The van der Waals surface area contributed by atoms with E-state index in [9.17, 15) is 4.39 Å². The second-order valence-corrected chi connectivity index (χ2v) is 5.07. The van der Waals surface area contributed by atoms with Gasteiger partial charge in [0.25, 0.3) is 0 Å². The quantitative estimate of drug-likeness (QED) is 0.466. The summed E-state index contributed by atoms with van der Waals surface area (Å²) < 4.78 is 19.9. The third-order valence-electron chi connectivity index (χ3n) is 3.63. The first kappa shape index (κ1) is 12.8. The fraction of sp³-hybridized carbons (Fsp3) is 0. The van der Waals surface area contributed by atoms with Crippen LogP contribution in [0.1, 0.15) is 0 Å². The van der Waals surface area contributed by atoms with Crippen molar-refractivity contribution in [2.24, 2.45) is 0 Å². The van der Waals surface area contributed by atoms with Gasteiger partial charge >= 0.3 is 0 Å². The van der Waals surface area contributed by atoms with E-state index in [1.807, 2.05) is 48.5 Å². The van der Waals surface area contributed by atoms with Gasteiger partial charge in [0.05, 0.1) is 0 Å². The van der Waals surface area contributed by atoms with Crippen molar-refractivity contribution in [3.63, 3.8) is 0 Å². The van der Waals surface area contributed by atoms with Crippen LogP contribution in [0.2, 0.25) is 0 Å². The van der Waals surface area contributed by atoms with Crippen LogP contribution in [0.4, 0.5) is 4.39 Å². The standard InChI is InChI=1S/C19H12FNO/c20-18-8-4-5-13-11-14-9-10-21-19(17(14)12-16(13)18)22-15-6-2-1-3-7-15/h1-12H. The second-order valence-electron chi connectivity index (χ2n) is 5.07. The lowest BCUT2D eigenvalue weighted by Crippen LogP contribution is -1.90. The molecule has 22 heavy (non-hydrogen) atoms. The fourth-order valence-electron chi connectivity index (χ4n) is 2.56. The van der Waals surface area contributed by atoms with Crippen LogP contribution in [-0.4, -0.2) is 4.98 Å². The maximum absolute atomic E-state index is 14.0. The molecule has 0 N–H and O–H groups in total. The molecule has 0 fully saturated rings. The molecule has 3 heteroatoms. The Labute approximate surface area is 126 Å². The van der Waals surface area contributed by atoms with Gasteiger partial charge in [0.15, 0.2) is 0 Å². The maximum Gasteiger partial charge on any atom is 0.227 e. The molecule has 3 aromatic carbocycles. The minimum Gasteiger partial charge on any atom is -0.438 e. The van der Waals surface area contributed by atoms with E-state index in [1.165, 1.54) is 6.07 Å². The normalized spacial score (nSPS) is 11.0. The molecule has 0 saturated heterocycles. The summed E-state index contributed by atoms with van der Waals surface area (Å²) in [7, 11) is 0. The zero-order valence-corrected chi connectivity index (χ0v) is 11.7. The predicted molar refractivity (Wildman–Crippen MR) is 85.7 cm³/mol. The molecule has 106 valence electrons. The van der Waals surface area contributed by atoms with Crippen LogP contribution < -0.4 is 4.74 Å². The number of halogens is 1. The van der Waals surface area contributed by atoms with Crippen LogP contribution in [0.15, 0.2) is 72.9 Å². The first-order valence-electron chi connectivity index (χ1n) is 7.01. The number of ether oxygens (including phenoxy) is 1. The van der Waals surface area contributed by atoms with Crippen LogP contribution in [-0.2, 0) is 0 Å². The summed E-state index contributed by atoms with van der Waals surface area (Å²) in [5.41, 5.74) is 0. The first-order valence-corrected chi connectivity index (χ1v) is 7.01. The number of para-hydroxylation sites is 1. The highest BCUT2D eigenvalue weighted by Crippen LogP contribution is 2.31. The van der Waals surface area contributed by atoms with E-state index in [4.69, 9.17) is 4.74 Å². The zero-order valence-electron chi connectivity index (χ0n) is 11.7. The molecule has 0 unspecified atom stereocenters. The molecule has 1 heterocycles. The number of aromatic nitrogens is 1. The van der Waals surface area contributed by atoms with Gasteiger partial charge in [-0.05, 0) is 47.2 Å². The van der Waals surface area contributed by atoms with Gasteiger partial charge in [-0.3, -0.25) is 0 Å². The number of fused-ring (bicyclic) bond motifs is 2. The van der Waals surface area contributed by atoms with Crippen molar-refractivity contribution in [2.75, 3.05) is 0 Å². The Balaban J connectivity index is 1.93. The summed E-state index contributed by atoms with van der Waals surface area (Å²) in [4.78, 5) is 4.29. The molecular weight excluding hydrogens is 277 g/mol. The molecule has 0 amide bonds. The fourth-order valence-corrected chi connectivity index (χ4v) is 2.56. The van der Waals surface area contributed by atoms with Crippen molar-refractivity contribution in [1.29, 1.82) is 0 Å². The van der Waals surface area contributed by atoms with Crippen LogP contribution >= 0.6 is 0 Å². The van der Waals surface area contributed by atoms with Gasteiger partial charge in [-0.2, -0.15) is 0 Å². The number of hydrogen-bond donors (Lipinski definition) is 0. The Hall–Kier alpha value is -2.94. The predicted octanol–water partition coefficient (Wildman–Crippen LogP) is 5.32. The monoisotopic (exact) mass is 289 g/mol. The molecule has 4 rings (SSSR count). The second kappa shape index (κ2) is 5.11. The van der Waals surface area contributed by atoms with Gasteiger partial charge in [0.1, 0.15) is 11.6 Å². The van der Waals surface area contributed by atoms with Crippen molar-refractivity contribution in [3.05, 3.63) is 78.7 Å². The van der Waals surface area contributed by atoms with Gasteiger partial charge < -0.3 is 4.74 Å². The molecule has 0 aliphatic rings. The average Bonchev–Trinajstić information content (AvgIpc) is 2.55. The molecule has 0 saturated carbocycles. The van der Waals surface area contributed by atoms with E-state index in [1.54, 1.807) is 18.3 Å². The number of hydrogen-bond acceptors (Lipinski definition) is 2. The van der Waals surface area contributed by atoms with Gasteiger partial charge in [0, 0.05) is 17.0 Å². The van der Waals surface area contributed by atoms with Crippen molar-refractivity contribution >= 4 is 21.5 Å². The van der Waals surface area contributed by atoms with Gasteiger partial charge in [-0.1, -0.05) is 30.3 Å². The van der Waals surface area contributed by atoms with Crippen molar-refractivity contribution in [2.45, 2.75) is 0 Å². The summed E-state index contributed by atoms with van der Waals surface area (Å²) in [6.45, 7) is 0. The largest absolute Gasteiger partial charge is 0.438 e. The highest BCUT2D eigenvalue weighted by Gasteiger charge is 2.08. The zero-order chi connectivity index (χ0) is 14.9. The van der Waals surface area contributed by atoms with Crippen LogP contribution in [0, 0.1) is 5.82 Å². The van der Waals surface area contributed by atoms with E-state index in [0.717, 1.165) is 16.2 Å². The number of pyridine rings is 1. The highest BCUT2D eigenvalue weighted by molar-refractivity contribution is 6.00. The lowest BCUT2D eigenvalue weighted by Gasteiger charge is -2.09. The molecule has 0 spiro atoms. The maximum atomic E-state index is 14.0. The summed E-state index contributed by atoms with van der Waals surface area (Å²) in [5.74, 6) is 0.943. The summed E-state index contributed by atoms with van der Waals surface area (Å²) in [5, 5.41) is 3.20. The smallest absolute Gasteiger partial charge is 0.227 e. The van der Waals surface area contributed by atoms with E-state index in [2.05, 4.69) is 4.98 Å². The number of rotatable bonds is 2. The van der Waals surface area contributed by atoms with Crippen molar-refractivity contribution < 1.29 is 9.13 Å². The lowest BCUT2D eigenvalue weighted by molar-refractivity contribution is 0.469. The topological polar surface area (TPSA) is 22.1 Å². The summed E-state index contributed by atoms with van der Waals surface area (Å²) in [6, 6.07) is 20.2. The summed E-state index contributed by atoms with van der Waals surface area (Å²) in [6.07, 6.45) is 1.70. The molecule has 2 nitrogen and oxygen atoms in total. The molecule has 1 aromatic heterocycles. The third-order valence-corrected chi connectivity index (χ3v) is 3.63.